The third-order valence-electron chi connectivity index (χ3n) is 5.95. The van der Waals surface area contributed by atoms with Gasteiger partial charge in [0.1, 0.15) is 18.5 Å². The van der Waals surface area contributed by atoms with Crippen molar-refractivity contribution < 1.29 is 27.2 Å². The van der Waals surface area contributed by atoms with Gasteiger partial charge in [-0.3, -0.25) is 9.59 Å². The number of hydrogen-bond donors (Lipinski definition) is 2. The Balaban J connectivity index is 1.73. The second-order valence-electron chi connectivity index (χ2n) is 8.95. The van der Waals surface area contributed by atoms with Crippen LogP contribution < -0.4 is 21.0 Å². The van der Waals surface area contributed by atoms with Crippen molar-refractivity contribution in [2.45, 2.75) is 6.92 Å². The summed E-state index contributed by atoms with van der Waals surface area (Å²) < 4.78 is 57.2. The summed E-state index contributed by atoms with van der Waals surface area (Å²) in [5, 5.41) is 5.80. The molecule has 14 heteroatoms. The number of carbonyl (C=O) groups excluding carboxylic acids is 1. The number of rotatable bonds is 8. The van der Waals surface area contributed by atoms with Crippen molar-refractivity contribution in [3.8, 4) is 11.1 Å². The van der Waals surface area contributed by atoms with E-state index in [-0.39, 0.29) is 33.4 Å². The van der Waals surface area contributed by atoms with Crippen LogP contribution in [0.2, 0.25) is 5.02 Å². The maximum atomic E-state index is 14.5. The first-order valence-electron chi connectivity index (χ1n) is 11.7. The zero-order valence-electron chi connectivity index (χ0n) is 21.7. The highest BCUT2D eigenvalue weighted by Crippen LogP contribution is 2.31. The Morgan fingerprint density at radius 2 is 1.80 bits per heavy atom. The van der Waals surface area contributed by atoms with Crippen LogP contribution in [0.1, 0.15) is 15.9 Å². The van der Waals surface area contributed by atoms with Gasteiger partial charge in [0.15, 0.2) is 23.1 Å². The van der Waals surface area contributed by atoms with Crippen molar-refractivity contribution in [3.05, 3.63) is 80.2 Å². The molecule has 0 aliphatic heterocycles. The van der Waals surface area contributed by atoms with E-state index in [1.54, 1.807) is 0 Å². The molecule has 4 aromatic rings. The lowest BCUT2D eigenvalue weighted by Gasteiger charge is -2.14. The highest BCUT2D eigenvalue weighted by Gasteiger charge is 2.28. The van der Waals surface area contributed by atoms with Crippen molar-refractivity contribution >= 4 is 40.2 Å². The fourth-order valence-corrected chi connectivity index (χ4v) is 4.08. The number of likely N-dealkylation sites (N-methyl/N-ethyl adjacent to an activating group) is 1. The van der Waals surface area contributed by atoms with Gasteiger partial charge < -0.3 is 20.4 Å². The zero-order valence-corrected chi connectivity index (χ0v) is 22.5. The molecule has 1 amide bonds. The number of nitrogens with one attached hydrogen (secondary N) is 2. The van der Waals surface area contributed by atoms with E-state index in [1.807, 2.05) is 19.0 Å². The van der Waals surface area contributed by atoms with E-state index >= 15 is 0 Å². The maximum absolute atomic E-state index is 14.5. The van der Waals surface area contributed by atoms with Crippen molar-refractivity contribution in [1.82, 2.24) is 19.6 Å². The van der Waals surface area contributed by atoms with E-state index in [9.17, 15) is 27.2 Å². The second-order valence-corrected chi connectivity index (χ2v) is 9.35. The summed E-state index contributed by atoms with van der Waals surface area (Å²) in [5.41, 5.74) is -2.49. The van der Waals surface area contributed by atoms with E-state index < -0.39 is 45.9 Å². The van der Waals surface area contributed by atoms with Crippen LogP contribution in [0.3, 0.4) is 0 Å². The van der Waals surface area contributed by atoms with E-state index in [1.165, 1.54) is 37.6 Å². The summed E-state index contributed by atoms with van der Waals surface area (Å²) in [6.45, 7) is 2.15. The van der Waals surface area contributed by atoms with E-state index in [0.29, 0.717) is 11.9 Å². The molecule has 210 valence electrons. The number of amides is 1. The summed E-state index contributed by atoms with van der Waals surface area (Å²) >= 11 is 6.36. The minimum Gasteiger partial charge on any atom is -0.412 e. The van der Waals surface area contributed by atoms with E-state index in [4.69, 9.17) is 16.4 Å². The van der Waals surface area contributed by atoms with Crippen LogP contribution in [0.4, 0.5) is 29.2 Å². The van der Waals surface area contributed by atoms with Crippen molar-refractivity contribution in [3.63, 3.8) is 0 Å². The maximum Gasteiger partial charge on any atom is 0.293 e. The normalized spacial score (nSPS) is 11.2. The molecule has 40 heavy (non-hydrogen) atoms. The number of halogens is 5. The lowest BCUT2D eigenvalue weighted by molar-refractivity contribution is 0.101. The third kappa shape index (κ3) is 5.42. The molecule has 2 heterocycles. The van der Waals surface area contributed by atoms with Gasteiger partial charge in [0.25, 0.3) is 11.5 Å². The van der Waals surface area contributed by atoms with Gasteiger partial charge in [-0.2, -0.15) is 4.98 Å². The fourth-order valence-electron chi connectivity index (χ4n) is 3.86. The van der Waals surface area contributed by atoms with Crippen LogP contribution >= 0.6 is 11.6 Å². The molecule has 2 aromatic heterocycles. The van der Waals surface area contributed by atoms with Gasteiger partial charge in [0.05, 0.1) is 5.56 Å². The summed E-state index contributed by atoms with van der Waals surface area (Å²) in [7, 11) is 5.11. The molecule has 0 atom stereocenters. The molecule has 0 spiro atoms. The number of anilines is 2. The average molecular weight is 579 g/mol. The quantitative estimate of drug-likeness (QED) is 0.183. The summed E-state index contributed by atoms with van der Waals surface area (Å²) in [6, 6.07) is 5.40. The number of carbonyl (C=O) groups is 1. The molecule has 0 aliphatic carbocycles. The molecule has 0 saturated heterocycles. The molecule has 2 aromatic carbocycles. The van der Waals surface area contributed by atoms with E-state index in [2.05, 4.69) is 20.6 Å². The Bertz CT molecular complexity index is 1670. The van der Waals surface area contributed by atoms with Gasteiger partial charge in [0.2, 0.25) is 5.95 Å². The van der Waals surface area contributed by atoms with Gasteiger partial charge in [-0.25, -0.2) is 22.5 Å². The Kier molecular flexibility index (Phi) is 8.26. The molecule has 0 fully saturated rings. The first-order valence-corrected chi connectivity index (χ1v) is 12.1. The molecule has 0 bridgehead atoms. The number of nitrogens with zero attached hydrogens (tertiary/aromatic N) is 4. The van der Waals surface area contributed by atoms with Gasteiger partial charge in [0, 0.05) is 46.5 Å². The predicted molar refractivity (Wildman–Crippen MR) is 143 cm³/mol. The predicted octanol–water partition coefficient (Wildman–Crippen LogP) is 4.26. The smallest absolute Gasteiger partial charge is 0.293 e. The molecule has 9 nitrogen and oxygen atoms in total. The van der Waals surface area contributed by atoms with Crippen LogP contribution in [0, 0.1) is 30.2 Å². The molecule has 4 rings (SSSR count). The first kappa shape index (κ1) is 28.8. The van der Waals surface area contributed by atoms with Gasteiger partial charge >= 0.3 is 0 Å². The van der Waals surface area contributed by atoms with Crippen LogP contribution in [0.5, 0.6) is 0 Å². The molecule has 0 radical (unpaired) electrons. The highest BCUT2D eigenvalue weighted by molar-refractivity contribution is 6.33. The lowest BCUT2D eigenvalue weighted by Crippen LogP contribution is -2.28. The zero-order chi connectivity index (χ0) is 29.3. The second kappa shape index (κ2) is 11.5. The minimum absolute atomic E-state index is 0.0356. The highest BCUT2D eigenvalue weighted by atomic mass is 35.5. The topological polar surface area (TPSA) is 101 Å². The molecular formula is C26H23ClF4N6O3. The largest absolute Gasteiger partial charge is 0.412 e. The van der Waals surface area contributed by atoms with Crippen molar-refractivity contribution in [2.24, 2.45) is 0 Å². The number of hydrogen-bond acceptors (Lipinski definition) is 7. The van der Waals surface area contributed by atoms with Crippen LogP contribution in [-0.4, -0.2) is 59.8 Å². The minimum atomic E-state index is -1.98. The molecular weight excluding hydrogens is 556 g/mol. The van der Waals surface area contributed by atoms with Crippen molar-refractivity contribution in [2.75, 3.05) is 44.9 Å². The molecule has 0 aliphatic rings. The SMILES string of the molecule is COn1c(=O)c(-c2cc(NC(=O)c3c(F)c(C)c(F)c(F)c3F)ccc2Cl)cc2cnc(NCCN(C)C)nc21. The number of aromatic nitrogens is 3. The standard InChI is InChI=1S/C26H23ClF4N6O3/c1-12-19(28)18(21(30)22(31)20(12)29)24(38)34-14-5-6-17(27)15(10-14)16-9-13-11-33-26(32-7-8-36(2)3)35-23(13)37(40-4)25(16)39/h5-6,9-11H,7-8H2,1-4H3,(H,34,38)(H,32,33,35). The van der Waals surface area contributed by atoms with Crippen molar-refractivity contribution in [1.29, 1.82) is 0 Å². The Hall–Kier alpha value is -4.23. The van der Waals surface area contributed by atoms with Gasteiger partial charge in [-0.15, -0.1) is 4.73 Å². The van der Waals surface area contributed by atoms with Crippen LogP contribution in [0.15, 0.2) is 35.3 Å². The molecule has 2 N–H and O–H groups in total. The molecule has 0 saturated carbocycles. The van der Waals surface area contributed by atoms with Gasteiger partial charge in [-0.1, -0.05) is 11.6 Å². The first-order chi connectivity index (χ1) is 18.9. The monoisotopic (exact) mass is 578 g/mol. The van der Waals surface area contributed by atoms with E-state index in [0.717, 1.165) is 18.2 Å². The lowest BCUT2D eigenvalue weighted by atomic mass is 10.0. The number of fused-ring (bicyclic) bond motifs is 1. The number of pyridine rings is 1. The molecule has 0 unspecified atom stereocenters. The van der Waals surface area contributed by atoms with Crippen LogP contribution in [0.25, 0.3) is 22.2 Å². The Labute approximate surface area is 230 Å². The Morgan fingerprint density at radius 1 is 1.07 bits per heavy atom. The summed E-state index contributed by atoms with van der Waals surface area (Å²) in [4.78, 5) is 41.9. The fraction of sp³-hybridized carbons (Fsp3) is 0.231. The summed E-state index contributed by atoms with van der Waals surface area (Å²) in [5.74, 6) is -8.32. The van der Waals surface area contributed by atoms with Crippen LogP contribution in [-0.2, 0) is 0 Å². The number of benzene rings is 2. The third-order valence-corrected chi connectivity index (χ3v) is 6.28. The Morgan fingerprint density at radius 3 is 2.48 bits per heavy atom. The average Bonchev–Trinajstić information content (AvgIpc) is 2.91. The summed E-state index contributed by atoms with van der Waals surface area (Å²) in [6.07, 6.45) is 1.48. The van der Waals surface area contributed by atoms with Gasteiger partial charge in [-0.05, 0) is 45.3 Å².